The standard InChI is InChI=1S/C14H15ClFN3/c1-9-6-12(16)4-2-10(9)7-14(19-17)13-5-3-11(15)8-18-13/h2-6,8,14,19H,7,17H2,1H3. The Bertz CT molecular complexity index is 557. The molecule has 0 aliphatic heterocycles. The molecule has 0 fully saturated rings. The fraction of sp³-hybridized carbons (Fsp3) is 0.214. The van der Waals surface area contributed by atoms with Crippen LogP contribution in [0.3, 0.4) is 0 Å². The summed E-state index contributed by atoms with van der Waals surface area (Å²) in [6.45, 7) is 1.88. The van der Waals surface area contributed by atoms with Gasteiger partial charge >= 0.3 is 0 Å². The van der Waals surface area contributed by atoms with Gasteiger partial charge in [-0.3, -0.25) is 16.3 Å². The Kier molecular flexibility index (Phi) is 4.47. The molecule has 0 radical (unpaired) electrons. The van der Waals surface area contributed by atoms with Crippen molar-refractivity contribution < 1.29 is 4.39 Å². The number of hydrogen-bond acceptors (Lipinski definition) is 3. The van der Waals surface area contributed by atoms with Gasteiger partial charge in [0.15, 0.2) is 0 Å². The molecule has 0 amide bonds. The van der Waals surface area contributed by atoms with Crippen molar-refractivity contribution in [2.24, 2.45) is 5.84 Å². The normalized spacial score (nSPS) is 12.4. The minimum Gasteiger partial charge on any atom is -0.271 e. The van der Waals surface area contributed by atoms with Gasteiger partial charge < -0.3 is 0 Å². The molecule has 1 aromatic heterocycles. The molecule has 0 saturated carbocycles. The molecular weight excluding hydrogens is 265 g/mol. The van der Waals surface area contributed by atoms with Crippen molar-refractivity contribution >= 4 is 11.6 Å². The molecule has 1 heterocycles. The SMILES string of the molecule is Cc1cc(F)ccc1CC(NN)c1ccc(Cl)cn1. The van der Waals surface area contributed by atoms with Gasteiger partial charge in [0, 0.05) is 6.20 Å². The zero-order valence-corrected chi connectivity index (χ0v) is 11.3. The number of nitrogens with two attached hydrogens (primary N) is 1. The van der Waals surface area contributed by atoms with Crippen molar-refractivity contribution in [3.05, 3.63) is 64.2 Å². The van der Waals surface area contributed by atoms with Gasteiger partial charge in [0.2, 0.25) is 0 Å². The van der Waals surface area contributed by atoms with Gasteiger partial charge in [0.05, 0.1) is 16.8 Å². The molecule has 0 aliphatic carbocycles. The highest BCUT2D eigenvalue weighted by molar-refractivity contribution is 6.30. The quantitative estimate of drug-likeness (QED) is 0.668. The van der Waals surface area contributed by atoms with E-state index in [-0.39, 0.29) is 11.9 Å². The second-order valence-corrected chi connectivity index (χ2v) is 4.83. The number of benzene rings is 1. The topological polar surface area (TPSA) is 50.9 Å². The molecule has 2 aromatic rings. The predicted octanol–water partition coefficient (Wildman–Crippen LogP) is 2.93. The van der Waals surface area contributed by atoms with Crippen LogP contribution in [0.4, 0.5) is 4.39 Å². The number of aryl methyl sites for hydroxylation is 1. The van der Waals surface area contributed by atoms with Gasteiger partial charge in [-0.05, 0) is 48.7 Å². The number of aromatic nitrogens is 1. The van der Waals surface area contributed by atoms with Gasteiger partial charge in [0.1, 0.15) is 5.82 Å². The Morgan fingerprint density at radius 3 is 2.74 bits per heavy atom. The first kappa shape index (κ1) is 13.9. The van der Waals surface area contributed by atoms with E-state index in [4.69, 9.17) is 17.4 Å². The Morgan fingerprint density at radius 2 is 2.16 bits per heavy atom. The van der Waals surface area contributed by atoms with Gasteiger partial charge in [-0.25, -0.2) is 4.39 Å². The summed E-state index contributed by atoms with van der Waals surface area (Å²) >= 11 is 5.81. The molecule has 0 bridgehead atoms. The van der Waals surface area contributed by atoms with E-state index in [9.17, 15) is 4.39 Å². The summed E-state index contributed by atoms with van der Waals surface area (Å²) in [5.74, 6) is 5.34. The fourth-order valence-electron chi connectivity index (χ4n) is 1.95. The molecular formula is C14H15ClFN3. The first-order valence-electron chi connectivity index (χ1n) is 5.92. The van der Waals surface area contributed by atoms with Crippen LogP contribution in [0, 0.1) is 12.7 Å². The number of nitrogens with zero attached hydrogens (tertiary/aromatic N) is 1. The predicted molar refractivity (Wildman–Crippen MR) is 74.2 cm³/mol. The van der Waals surface area contributed by atoms with E-state index in [2.05, 4.69) is 10.4 Å². The monoisotopic (exact) mass is 279 g/mol. The van der Waals surface area contributed by atoms with Crippen molar-refractivity contribution in [2.75, 3.05) is 0 Å². The van der Waals surface area contributed by atoms with Crippen LogP contribution >= 0.6 is 11.6 Å². The first-order valence-corrected chi connectivity index (χ1v) is 6.30. The van der Waals surface area contributed by atoms with Crippen LogP contribution in [0.1, 0.15) is 22.9 Å². The van der Waals surface area contributed by atoms with Crippen molar-refractivity contribution in [3.8, 4) is 0 Å². The maximum atomic E-state index is 13.1. The largest absolute Gasteiger partial charge is 0.271 e. The van der Waals surface area contributed by atoms with Gasteiger partial charge in [-0.2, -0.15) is 0 Å². The first-order chi connectivity index (χ1) is 9.10. The molecule has 0 saturated heterocycles. The molecule has 1 atom stereocenters. The third-order valence-corrected chi connectivity index (χ3v) is 3.26. The lowest BCUT2D eigenvalue weighted by Crippen LogP contribution is -2.30. The van der Waals surface area contributed by atoms with Crippen LogP contribution in [0.15, 0.2) is 36.5 Å². The molecule has 5 heteroatoms. The second-order valence-electron chi connectivity index (χ2n) is 4.40. The van der Waals surface area contributed by atoms with E-state index in [1.54, 1.807) is 18.3 Å². The summed E-state index contributed by atoms with van der Waals surface area (Å²) in [7, 11) is 0. The van der Waals surface area contributed by atoms with Crippen LogP contribution in [0.5, 0.6) is 0 Å². The van der Waals surface area contributed by atoms with E-state index in [0.717, 1.165) is 16.8 Å². The zero-order valence-electron chi connectivity index (χ0n) is 10.5. The van der Waals surface area contributed by atoms with E-state index in [0.29, 0.717) is 11.4 Å². The number of rotatable bonds is 4. The third-order valence-electron chi connectivity index (χ3n) is 3.04. The lowest BCUT2D eigenvalue weighted by atomic mass is 9.99. The third kappa shape index (κ3) is 3.50. The minimum atomic E-state index is -0.233. The van der Waals surface area contributed by atoms with Crippen molar-refractivity contribution in [3.63, 3.8) is 0 Å². The maximum Gasteiger partial charge on any atom is 0.123 e. The lowest BCUT2D eigenvalue weighted by Gasteiger charge is -2.16. The van der Waals surface area contributed by atoms with E-state index >= 15 is 0 Å². The Morgan fingerprint density at radius 1 is 1.37 bits per heavy atom. The number of halogens is 2. The summed E-state index contributed by atoms with van der Waals surface area (Å²) < 4.78 is 13.1. The molecule has 3 nitrogen and oxygen atoms in total. The van der Waals surface area contributed by atoms with Crippen LogP contribution in [-0.4, -0.2) is 4.98 Å². The zero-order chi connectivity index (χ0) is 13.8. The molecule has 0 aliphatic rings. The van der Waals surface area contributed by atoms with Crippen molar-refractivity contribution in [2.45, 2.75) is 19.4 Å². The van der Waals surface area contributed by atoms with Crippen LogP contribution in [0.2, 0.25) is 5.02 Å². The molecule has 0 spiro atoms. The Hall–Kier alpha value is -1.49. The summed E-state index contributed by atoms with van der Waals surface area (Å²) in [5, 5.41) is 0.581. The second kappa shape index (κ2) is 6.10. The number of hydrazine groups is 1. The van der Waals surface area contributed by atoms with Gasteiger partial charge in [-0.1, -0.05) is 17.7 Å². The van der Waals surface area contributed by atoms with E-state index < -0.39 is 0 Å². The summed E-state index contributed by atoms with van der Waals surface area (Å²) in [6.07, 6.45) is 2.22. The average molecular weight is 280 g/mol. The average Bonchev–Trinajstić information content (AvgIpc) is 2.39. The summed E-state index contributed by atoms with van der Waals surface area (Å²) in [5.41, 5.74) is 5.46. The molecule has 100 valence electrons. The highest BCUT2D eigenvalue weighted by Crippen LogP contribution is 2.20. The smallest absolute Gasteiger partial charge is 0.123 e. The highest BCUT2D eigenvalue weighted by Gasteiger charge is 2.13. The molecule has 19 heavy (non-hydrogen) atoms. The molecule has 1 aromatic carbocycles. The van der Waals surface area contributed by atoms with Gasteiger partial charge in [0.25, 0.3) is 0 Å². The van der Waals surface area contributed by atoms with Crippen LogP contribution in [0.25, 0.3) is 0 Å². The maximum absolute atomic E-state index is 13.1. The van der Waals surface area contributed by atoms with Gasteiger partial charge in [-0.15, -0.1) is 0 Å². The molecule has 1 unspecified atom stereocenters. The molecule has 3 N–H and O–H groups in total. The van der Waals surface area contributed by atoms with Crippen LogP contribution < -0.4 is 11.3 Å². The van der Waals surface area contributed by atoms with E-state index in [1.165, 1.54) is 12.1 Å². The lowest BCUT2D eigenvalue weighted by molar-refractivity contribution is 0.536. The minimum absolute atomic E-state index is 0.138. The number of pyridine rings is 1. The summed E-state index contributed by atoms with van der Waals surface area (Å²) in [6, 6.07) is 8.19. The summed E-state index contributed by atoms with van der Waals surface area (Å²) in [4.78, 5) is 4.24. The fourth-order valence-corrected chi connectivity index (χ4v) is 2.06. The van der Waals surface area contributed by atoms with E-state index in [1.807, 2.05) is 13.0 Å². The van der Waals surface area contributed by atoms with Crippen LogP contribution in [-0.2, 0) is 6.42 Å². The Balaban J connectivity index is 2.21. The number of hydrogen-bond donors (Lipinski definition) is 2. The van der Waals surface area contributed by atoms with Crippen molar-refractivity contribution in [1.82, 2.24) is 10.4 Å². The highest BCUT2D eigenvalue weighted by atomic mass is 35.5. The Labute approximate surface area is 116 Å². The molecule has 2 rings (SSSR count). The number of nitrogens with one attached hydrogen (secondary N) is 1. The van der Waals surface area contributed by atoms with Crippen molar-refractivity contribution in [1.29, 1.82) is 0 Å².